The van der Waals surface area contributed by atoms with Gasteiger partial charge in [-0.1, -0.05) is 35.9 Å². The van der Waals surface area contributed by atoms with Crippen molar-refractivity contribution in [3.63, 3.8) is 0 Å². The Kier molecular flexibility index (Phi) is 3.98. The fourth-order valence-electron chi connectivity index (χ4n) is 1.71. The minimum Gasteiger partial charge on any atom is -0.508 e. The summed E-state index contributed by atoms with van der Waals surface area (Å²) in [7, 11) is 0. The van der Waals surface area contributed by atoms with Crippen molar-refractivity contribution in [1.82, 2.24) is 0 Å². The smallest absolute Gasteiger partial charge is 0.248 e. The van der Waals surface area contributed by atoms with Gasteiger partial charge in [-0.05, 0) is 30.7 Å². The number of benzene rings is 2. The topological polar surface area (TPSA) is 49.3 Å². The average Bonchev–Trinajstić information content (AvgIpc) is 2.36. The summed E-state index contributed by atoms with van der Waals surface area (Å²) in [6, 6.07) is 14.3. The number of carbonyl (C=O) groups excluding carboxylic acids is 1. The zero-order chi connectivity index (χ0) is 13.7. The van der Waals surface area contributed by atoms with Crippen LogP contribution in [-0.2, 0) is 4.79 Å². The van der Waals surface area contributed by atoms with Crippen molar-refractivity contribution in [1.29, 1.82) is 0 Å². The second-order valence-corrected chi connectivity index (χ2v) is 4.29. The summed E-state index contributed by atoms with van der Waals surface area (Å²) < 4.78 is 0. The van der Waals surface area contributed by atoms with Gasteiger partial charge in [0.05, 0.1) is 0 Å². The van der Waals surface area contributed by atoms with E-state index in [-0.39, 0.29) is 11.7 Å². The summed E-state index contributed by atoms with van der Waals surface area (Å²) in [6.45, 7) is 2.00. The molecule has 19 heavy (non-hydrogen) atoms. The third-order valence-electron chi connectivity index (χ3n) is 2.58. The minimum absolute atomic E-state index is 0.125. The Labute approximate surface area is 112 Å². The molecule has 2 aromatic carbocycles. The fourth-order valence-corrected chi connectivity index (χ4v) is 1.71. The first kappa shape index (κ1) is 12.9. The molecule has 0 heterocycles. The van der Waals surface area contributed by atoms with Crippen LogP contribution in [0.4, 0.5) is 5.69 Å². The van der Waals surface area contributed by atoms with E-state index in [9.17, 15) is 9.90 Å². The zero-order valence-corrected chi connectivity index (χ0v) is 10.6. The van der Waals surface area contributed by atoms with Crippen LogP contribution in [0.5, 0.6) is 5.75 Å². The maximum absolute atomic E-state index is 11.7. The number of nitrogens with one attached hydrogen (secondary N) is 1. The van der Waals surface area contributed by atoms with E-state index < -0.39 is 0 Å². The molecule has 0 radical (unpaired) electrons. The van der Waals surface area contributed by atoms with Gasteiger partial charge in [0.25, 0.3) is 0 Å². The maximum atomic E-state index is 11.7. The first-order valence-electron chi connectivity index (χ1n) is 5.98. The number of anilines is 1. The van der Waals surface area contributed by atoms with Crippen LogP contribution in [-0.4, -0.2) is 11.0 Å². The zero-order valence-electron chi connectivity index (χ0n) is 10.6. The van der Waals surface area contributed by atoms with Crippen LogP contribution in [0.1, 0.15) is 11.1 Å². The SMILES string of the molecule is Cc1cccc(C=CC(=O)Nc2cccc(O)c2)c1. The highest BCUT2D eigenvalue weighted by Gasteiger charge is 1.98. The van der Waals surface area contributed by atoms with Gasteiger partial charge in [0.15, 0.2) is 0 Å². The number of hydrogen-bond donors (Lipinski definition) is 2. The van der Waals surface area contributed by atoms with Gasteiger partial charge in [-0.25, -0.2) is 0 Å². The standard InChI is InChI=1S/C16H15NO2/c1-12-4-2-5-13(10-12)8-9-16(19)17-14-6-3-7-15(18)11-14/h2-11,18H,1H3,(H,17,19). The molecule has 96 valence electrons. The highest BCUT2D eigenvalue weighted by atomic mass is 16.3. The lowest BCUT2D eigenvalue weighted by Crippen LogP contribution is -2.07. The second-order valence-electron chi connectivity index (χ2n) is 4.29. The van der Waals surface area contributed by atoms with Crippen molar-refractivity contribution in [3.8, 4) is 5.75 Å². The van der Waals surface area contributed by atoms with E-state index in [2.05, 4.69) is 5.32 Å². The Morgan fingerprint density at radius 3 is 2.68 bits per heavy atom. The van der Waals surface area contributed by atoms with Gasteiger partial charge in [0.2, 0.25) is 5.91 Å². The van der Waals surface area contributed by atoms with E-state index in [4.69, 9.17) is 0 Å². The lowest BCUT2D eigenvalue weighted by Gasteiger charge is -2.02. The fraction of sp³-hybridized carbons (Fsp3) is 0.0625. The number of carbonyl (C=O) groups is 1. The van der Waals surface area contributed by atoms with Crippen molar-refractivity contribution in [2.75, 3.05) is 5.32 Å². The summed E-state index contributed by atoms with van der Waals surface area (Å²) in [5.74, 6) is -0.104. The van der Waals surface area contributed by atoms with Crippen LogP contribution in [0.3, 0.4) is 0 Å². The van der Waals surface area contributed by atoms with Crippen LogP contribution in [0.15, 0.2) is 54.6 Å². The second kappa shape index (κ2) is 5.87. The first-order valence-corrected chi connectivity index (χ1v) is 5.98. The molecule has 0 saturated carbocycles. The molecule has 3 nitrogen and oxygen atoms in total. The van der Waals surface area contributed by atoms with E-state index >= 15 is 0 Å². The van der Waals surface area contributed by atoms with Gasteiger partial charge in [0, 0.05) is 17.8 Å². The van der Waals surface area contributed by atoms with Crippen LogP contribution in [0.25, 0.3) is 6.08 Å². The van der Waals surface area contributed by atoms with Gasteiger partial charge in [-0.3, -0.25) is 4.79 Å². The normalized spacial score (nSPS) is 10.6. The molecule has 0 aliphatic rings. The number of aromatic hydroxyl groups is 1. The molecule has 3 heteroatoms. The molecule has 1 amide bonds. The number of phenols is 1. The van der Waals surface area contributed by atoms with Gasteiger partial charge < -0.3 is 10.4 Å². The van der Waals surface area contributed by atoms with Crippen LogP contribution in [0, 0.1) is 6.92 Å². The predicted octanol–water partition coefficient (Wildman–Crippen LogP) is 3.35. The summed E-state index contributed by atoms with van der Waals surface area (Å²) in [6.07, 6.45) is 3.23. The maximum Gasteiger partial charge on any atom is 0.248 e. The Morgan fingerprint density at radius 1 is 1.16 bits per heavy atom. The Bertz CT molecular complexity index is 618. The number of rotatable bonds is 3. The molecule has 2 N–H and O–H groups in total. The molecular weight excluding hydrogens is 238 g/mol. The lowest BCUT2D eigenvalue weighted by atomic mass is 10.1. The molecule has 0 aromatic heterocycles. The monoisotopic (exact) mass is 253 g/mol. The Balaban J connectivity index is 2.01. The summed E-state index contributed by atoms with van der Waals surface area (Å²) in [5.41, 5.74) is 2.69. The highest BCUT2D eigenvalue weighted by molar-refractivity contribution is 6.02. The molecule has 0 aliphatic heterocycles. The first-order chi connectivity index (χ1) is 9.13. The Hall–Kier alpha value is -2.55. The molecular formula is C16H15NO2. The summed E-state index contributed by atoms with van der Waals surface area (Å²) in [4.78, 5) is 11.7. The van der Waals surface area contributed by atoms with Crippen LogP contribution >= 0.6 is 0 Å². The molecule has 2 rings (SSSR count). The van der Waals surface area contributed by atoms with Gasteiger partial charge in [0.1, 0.15) is 5.75 Å². The van der Waals surface area contributed by atoms with Gasteiger partial charge in [-0.2, -0.15) is 0 Å². The van der Waals surface area contributed by atoms with Crippen LogP contribution < -0.4 is 5.32 Å². The van der Waals surface area contributed by atoms with Crippen molar-refractivity contribution in [3.05, 3.63) is 65.7 Å². The molecule has 0 fully saturated rings. The predicted molar refractivity (Wildman–Crippen MR) is 76.9 cm³/mol. The third-order valence-corrected chi connectivity index (χ3v) is 2.58. The molecule has 0 spiro atoms. The van der Waals surface area contributed by atoms with E-state index in [0.717, 1.165) is 11.1 Å². The molecule has 0 saturated heterocycles. The Morgan fingerprint density at radius 2 is 1.95 bits per heavy atom. The lowest BCUT2D eigenvalue weighted by molar-refractivity contribution is -0.111. The van der Waals surface area contributed by atoms with Gasteiger partial charge >= 0.3 is 0 Å². The number of amides is 1. The largest absolute Gasteiger partial charge is 0.508 e. The van der Waals surface area contributed by atoms with E-state index in [0.29, 0.717) is 5.69 Å². The number of aryl methyl sites for hydroxylation is 1. The summed E-state index contributed by atoms with van der Waals surface area (Å²) >= 11 is 0. The molecule has 2 aromatic rings. The van der Waals surface area contributed by atoms with Crippen LogP contribution in [0.2, 0.25) is 0 Å². The van der Waals surface area contributed by atoms with E-state index in [1.54, 1.807) is 24.3 Å². The van der Waals surface area contributed by atoms with Crippen molar-refractivity contribution in [2.45, 2.75) is 6.92 Å². The minimum atomic E-state index is -0.230. The third kappa shape index (κ3) is 4.00. The van der Waals surface area contributed by atoms with Crippen molar-refractivity contribution in [2.24, 2.45) is 0 Å². The van der Waals surface area contributed by atoms with Gasteiger partial charge in [-0.15, -0.1) is 0 Å². The highest BCUT2D eigenvalue weighted by Crippen LogP contribution is 2.15. The molecule has 0 unspecified atom stereocenters. The van der Waals surface area contributed by atoms with Crippen molar-refractivity contribution >= 4 is 17.7 Å². The quantitative estimate of drug-likeness (QED) is 0.824. The van der Waals surface area contributed by atoms with E-state index in [1.165, 1.54) is 12.1 Å². The molecule has 0 atom stereocenters. The van der Waals surface area contributed by atoms with Crippen molar-refractivity contribution < 1.29 is 9.90 Å². The van der Waals surface area contributed by atoms with E-state index in [1.807, 2.05) is 31.2 Å². The molecule has 0 bridgehead atoms. The number of hydrogen-bond acceptors (Lipinski definition) is 2. The average molecular weight is 253 g/mol. The summed E-state index contributed by atoms with van der Waals surface area (Å²) in [5, 5.41) is 12.0. The number of phenolic OH excluding ortho intramolecular Hbond substituents is 1. The molecule has 0 aliphatic carbocycles.